The maximum Gasteiger partial charge on any atom is 0.127 e. The van der Waals surface area contributed by atoms with Crippen LogP contribution in [0.3, 0.4) is 0 Å². The molecule has 94 valence electrons. The highest BCUT2D eigenvalue weighted by Crippen LogP contribution is 2.36. The Hall–Kier alpha value is -1.03. The van der Waals surface area contributed by atoms with E-state index in [0.717, 1.165) is 18.7 Å². The van der Waals surface area contributed by atoms with Crippen molar-refractivity contribution in [3.05, 3.63) is 11.3 Å². The molecule has 0 aliphatic carbocycles. The number of aryl methyl sites for hydroxylation is 1. The smallest absolute Gasteiger partial charge is 0.127 e. The molecular formula is C13H21N3O. The molecule has 1 aromatic heterocycles. The maximum atomic E-state index is 6.02. The summed E-state index contributed by atoms with van der Waals surface area (Å²) in [5, 5.41) is 8.14. The Morgan fingerprint density at radius 2 is 2.12 bits per heavy atom. The number of nitrogens with zero attached hydrogens (tertiary/aromatic N) is 2. The SMILES string of the molecule is Cc1nn2c(c1C)NCCC2C1CCC(C)O1. The quantitative estimate of drug-likeness (QED) is 0.812. The molecule has 2 aliphatic heterocycles. The van der Waals surface area contributed by atoms with Crippen molar-refractivity contribution >= 4 is 5.82 Å². The van der Waals surface area contributed by atoms with Crippen molar-refractivity contribution in [1.29, 1.82) is 0 Å². The molecule has 0 saturated carbocycles. The molecule has 0 bridgehead atoms. The van der Waals surface area contributed by atoms with Crippen molar-refractivity contribution in [2.24, 2.45) is 0 Å². The molecule has 17 heavy (non-hydrogen) atoms. The molecule has 3 unspecified atom stereocenters. The number of aromatic nitrogens is 2. The van der Waals surface area contributed by atoms with Crippen molar-refractivity contribution in [3.8, 4) is 0 Å². The van der Waals surface area contributed by atoms with E-state index in [0.29, 0.717) is 18.2 Å². The zero-order valence-corrected chi connectivity index (χ0v) is 10.9. The van der Waals surface area contributed by atoms with Gasteiger partial charge in [-0.05, 0) is 40.0 Å². The van der Waals surface area contributed by atoms with Gasteiger partial charge in [-0.2, -0.15) is 5.10 Å². The van der Waals surface area contributed by atoms with Crippen molar-refractivity contribution in [2.45, 2.75) is 58.3 Å². The molecule has 0 radical (unpaired) electrons. The highest BCUT2D eigenvalue weighted by atomic mass is 16.5. The Balaban J connectivity index is 1.91. The molecule has 0 amide bonds. The third-order valence-corrected chi connectivity index (χ3v) is 4.13. The van der Waals surface area contributed by atoms with Crippen LogP contribution in [-0.4, -0.2) is 28.5 Å². The van der Waals surface area contributed by atoms with E-state index in [-0.39, 0.29) is 0 Å². The Morgan fingerprint density at radius 1 is 1.29 bits per heavy atom. The second-order valence-corrected chi connectivity index (χ2v) is 5.35. The van der Waals surface area contributed by atoms with Crippen molar-refractivity contribution in [2.75, 3.05) is 11.9 Å². The van der Waals surface area contributed by atoms with Crippen LogP contribution < -0.4 is 5.32 Å². The summed E-state index contributed by atoms with van der Waals surface area (Å²) in [6.45, 7) is 7.42. The van der Waals surface area contributed by atoms with Crippen LogP contribution in [0.1, 0.15) is 43.5 Å². The van der Waals surface area contributed by atoms with Gasteiger partial charge in [-0.1, -0.05) is 0 Å². The summed E-state index contributed by atoms with van der Waals surface area (Å²) in [6.07, 6.45) is 4.23. The van der Waals surface area contributed by atoms with E-state index >= 15 is 0 Å². The molecule has 0 spiro atoms. The Kier molecular flexibility index (Phi) is 2.62. The fourth-order valence-electron chi connectivity index (χ4n) is 3.00. The number of ether oxygens (including phenoxy) is 1. The van der Waals surface area contributed by atoms with Gasteiger partial charge in [-0.15, -0.1) is 0 Å². The summed E-state index contributed by atoms with van der Waals surface area (Å²) in [7, 11) is 0. The minimum atomic E-state index is 0.351. The van der Waals surface area contributed by atoms with Gasteiger partial charge in [-0.25, -0.2) is 4.68 Å². The second kappa shape index (κ2) is 4.02. The number of hydrogen-bond donors (Lipinski definition) is 1. The minimum absolute atomic E-state index is 0.351. The van der Waals surface area contributed by atoms with Crippen LogP contribution in [-0.2, 0) is 4.74 Å². The van der Waals surface area contributed by atoms with E-state index < -0.39 is 0 Å². The topological polar surface area (TPSA) is 39.1 Å². The van der Waals surface area contributed by atoms with E-state index in [1.165, 1.54) is 24.2 Å². The van der Waals surface area contributed by atoms with Crippen LogP contribution in [0.25, 0.3) is 0 Å². The molecule has 1 saturated heterocycles. The van der Waals surface area contributed by atoms with E-state index in [1.807, 2.05) is 0 Å². The van der Waals surface area contributed by atoms with Crippen LogP contribution in [0, 0.1) is 13.8 Å². The van der Waals surface area contributed by atoms with Gasteiger partial charge in [0, 0.05) is 12.1 Å². The van der Waals surface area contributed by atoms with Crippen molar-refractivity contribution < 1.29 is 4.74 Å². The predicted octanol–water partition coefficient (Wildman–Crippen LogP) is 2.42. The van der Waals surface area contributed by atoms with Crippen molar-refractivity contribution in [1.82, 2.24) is 9.78 Å². The largest absolute Gasteiger partial charge is 0.373 e. The first-order valence-corrected chi connectivity index (χ1v) is 6.62. The zero-order chi connectivity index (χ0) is 12.0. The number of nitrogens with one attached hydrogen (secondary N) is 1. The highest BCUT2D eigenvalue weighted by molar-refractivity contribution is 5.48. The van der Waals surface area contributed by atoms with Crippen LogP contribution in [0.2, 0.25) is 0 Å². The summed E-state index contributed by atoms with van der Waals surface area (Å²) in [5.74, 6) is 1.20. The fraction of sp³-hybridized carbons (Fsp3) is 0.769. The first-order chi connectivity index (χ1) is 8.16. The van der Waals surface area contributed by atoms with Gasteiger partial charge in [0.2, 0.25) is 0 Å². The molecule has 3 rings (SSSR count). The first kappa shape index (κ1) is 11.1. The fourth-order valence-corrected chi connectivity index (χ4v) is 3.00. The second-order valence-electron chi connectivity index (χ2n) is 5.35. The lowest BCUT2D eigenvalue weighted by atomic mass is 10.0. The van der Waals surface area contributed by atoms with Gasteiger partial charge in [0.25, 0.3) is 0 Å². The van der Waals surface area contributed by atoms with Crippen molar-refractivity contribution in [3.63, 3.8) is 0 Å². The van der Waals surface area contributed by atoms with Crippen LogP contribution in [0.4, 0.5) is 5.82 Å². The first-order valence-electron chi connectivity index (χ1n) is 6.62. The summed E-state index contributed by atoms with van der Waals surface area (Å²) in [5.41, 5.74) is 2.41. The lowest BCUT2D eigenvalue weighted by Crippen LogP contribution is -2.32. The molecule has 2 aliphatic rings. The molecule has 1 fully saturated rings. The molecule has 4 heteroatoms. The van der Waals surface area contributed by atoms with Gasteiger partial charge < -0.3 is 10.1 Å². The number of hydrogen-bond acceptors (Lipinski definition) is 3. The molecule has 0 aromatic carbocycles. The standard InChI is InChI=1S/C13H21N3O/c1-8-4-5-12(17-8)11-6-7-14-13-9(2)10(3)15-16(11)13/h8,11-12,14H,4-7H2,1-3H3. The number of anilines is 1. The van der Waals surface area contributed by atoms with Gasteiger partial charge in [0.15, 0.2) is 0 Å². The molecule has 4 nitrogen and oxygen atoms in total. The lowest BCUT2D eigenvalue weighted by molar-refractivity contribution is 0.0172. The van der Waals surface area contributed by atoms with Crippen LogP contribution in [0.15, 0.2) is 0 Å². The van der Waals surface area contributed by atoms with E-state index in [2.05, 4.69) is 35.9 Å². The third-order valence-electron chi connectivity index (χ3n) is 4.13. The maximum absolute atomic E-state index is 6.02. The Labute approximate surface area is 102 Å². The summed E-state index contributed by atoms with van der Waals surface area (Å²) in [6, 6.07) is 0.420. The predicted molar refractivity (Wildman–Crippen MR) is 67.4 cm³/mol. The number of fused-ring (bicyclic) bond motifs is 1. The number of rotatable bonds is 1. The average molecular weight is 235 g/mol. The van der Waals surface area contributed by atoms with Crippen LogP contribution >= 0.6 is 0 Å². The van der Waals surface area contributed by atoms with E-state index in [1.54, 1.807) is 0 Å². The van der Waals surface area contributed by atoms with Gasteiger partial charge in [0.1, 0.15) is 5.82 Å². The zero-order valence-electron chi connectivity index (χ0n) is 10.9. The van der Waals surface area contributed by atoms with Gasteiger partial charge >= 0.3 is 0 Å². The Morgan fingerprint density at radius 3 is 2.82 bits per heavy atom. The molecule has 1 N–H and O–H groups in total. The molecule has 1 aromatic rings. The van der Waals surface area contributed by atoms with Gasteiger partial charge in [0.05, 0.1) is 23.9 Å². The lowest BCUT2D eigenvalue weighted by Gasteiger charge is -2.30. The summed E-state index contributed by atoms with van der Waals surface area (Å²) < 4.78 is 8.18. The van der Waals surface area contributed by atoms with E-state index in [9.17, 15) is 0 Å². The minimum Gasteiger partial charge on any atom is -0.373 e. The molecule has 3 atom stereocenters. The van der Waals surface area contributed by atoms with Crippen LogP contribution in [0.5, 0.6) is 0 Å². The van der Waals surface area contributed by atoms with E-state index in [4.69, 9.17) is 4.74 Å². The average Bonchev–Trinajstić information content (AvgIpc) is 2.85. The normalized spacial score (nSPS) is 32.3. The summed E-state index contributed by atoms with van der Waals surface area (Å²) in [4.78, 5) is 0. The Bertz CT molecular complexity index is 427. The molecular weight excluding hydrogens is 214 g/mol. The summed E-state index contributed by atoms with van der Waals surface area (Å²) >= 11 is 0. The van der Waals surface area contributed by atoms with Gasteiger partial charge in [-0.3, -0.25) is 0 Å². The highest BCUT2D eigenvalue weighted by Gasteiger charge is 2.34. The monoisotopic (exact) mass is 235 g/mol. The molecule has 3 heterocycles. The third kappa shape index (κ3) is 1.75.